The number of benzene rings is 3. The average Bonchev–Trinajstić information content (AvgIpc) is 3.46. The molecule has 1 fully saturated rings. The van der Waals surface area contributed by atoms with Crippen molar-refractivity contribution in [2.45, 2.75) is 38.3 Å². The summed E-state index contributed by atoms with van der Waals surface area (Å²) in [4.78, 5) is 47.8. The highest BCUT2D eigenvalue weighted by atomic mass is 16.5. The van der Waals surface area contributed by atoms with Crippen molar-refractivity contribution in [3.63, 3.8) is 0 Å². The molecular weight excluding hydrogens is 504 g/mol. The quantitative estimate of drug-likeness (QED) is 0.252. The number of anilines is 1. The van der Waals surface area contributed by atoms with E-state index in [0.29, 0.717) is 25.5 Å². The number of H-pyrrole nitrogens is 1. The number of nitrogens with zero attached hydrogens (tertiary/aromatic N) is 2. The van der Waals surface area contributed by atoms with Crippen LogP contribution in [-0.4, -0.2) is 54.0 Å². The summed E-state index contributed by atoms with van der Waals surface area (Å²) in [7, 11) is 1.56. The van der Waals surface area contributed by atoms with Gasteiger partial charge in [0.15, 0.2) is 0 Å². The average molecular weight is 537 g/mol. The van der Waals surface area contributed by atoms with Gasteiger partial charge in [0, 0.05) is 36.7 Å². The SMILES string of the molecule is COCCNC(=O)c1ccccc1N1C(=O)C2Cc3c([nH]c4ccccc34)C(c3ccc(C(C)C)cc3)N2C1=O. The number of ether oxygens (including phenoxy) is 1. The lowest BCUT2D eigenvalue weighted by atomic mass is 9.88. The first-order valence-corrected chi connectivity index (χ1v) is 13.6. The highest BCUT2D eigenvalue weighted by Gasteiger charge is 2.53. The summed E-state index contributed by atoms with van der Waals surface area (Å²) >= 11 is 0. The normalized spacial score (nSPS) is 18.4. The first-order valence-electron chi connectivity index (χ1n) is 13.6. The van der Waals surface area contributed by atoms with Gasteiger partial charge in [-0.1, -0.05) is 68.4 Å². The molecule has 0 saturated carbocycles. The summed E-state index contributed by atoms with van der Waals surface area (Å²) in [6.45, 7) is 4.96. The highest BCUT2D eigenvalue weighted by molar-refractivity contribution is 6.24. The Bertz CT molecular complexity index is 1610. The zero-order chi connectivity index (χ0) is 28.0. The second-order valence-corrected chi connectivity index (χ2v) is 10.6. The maximum atomic E-state index is 14.2. The van der Waals surface area contributed by atoms with Gasteiger partial charge in [0.1, 0.15) is 12.1 Å². The number of hydrogen-bond acceptors (Lipinski definition) is 4. The molecule has 6 rings (SSSR count). The molecule has 2 unspecified atom stereocenters. The molecule has 2 N–H and O–H groups in total. The van der Waals surface area contributed by atoms with Crippen LogP contribution in [0.25, 0.3) is 10.9 Å². The van der Waals surface area contributed by atoms with Gasteiger partial charge in [0.25, 0.3) is 11.8 Å². The van der Waals surface area contributed by atoms with Crippen molar-refractivity contribution in [3.05, 3.63) is 101 Å². The van der Waals surface area contributed by atoms with E-state index in [0.717, 1.165) is 27.7 Å². The standard InChI is InChI=1S/C32H32N4O4/c1-19(2)20-12-14-21(15-13-20)29-28-24(22-8-4-6-10-25(22)34-28)18-27-31(38)36(32(39)35(27)29)26-11-7-5-9-23(26)30(37)33-16-17-40-3/h4-15,19,27,29,34H,16-18H2,1-3H3,(H,33,37). The monoisotopic (exact) mass is 536 g/mol. The van der Waals surface area contributed by atoms with Crippen LogP contribution in [0.3, 0.4) is 0 Å². The number of amides is 4. The molecule has 1 aromatic heterocycles. The predicted molar refractivity (Wildman–Crippen MR) is 154 cm³/mol. The van der Waals surface area contributed by atoms with Crippen molar-refractivity contribution in [1.82, 2.24) is 15.2 Å². The van der Waals surface area contributed by atoms with Crippen LogP contribution in [0.5, 0.6) is 0 Å². The lowest BCUT2D eigenvalue weighted by Gasteiger charge is -2.36. The molecule has 40 heavy (non-hydrogen) atoms. The molecule has 2 atom stereocenters. The van der Waals surface area contributed by atoms with Crippen LogP contribution in [0.1, 0.15) is 58.5 Å². The van der Waals surface area contributed by atoms with Gasteiger partial charge in [-0.3, -0.25) is 14.5 Å². The number of fused-ring (bicyclic) bond motifs is 4. The van der Waals surface area contributed by atoms with Crippen molar-refractivity contribution in [1.29, 1.82) is 0 Å². The number of imide groups is 1. The zero-order valence-electron chi connectivity index (χ0n) is 22.8. The third-order valence-electron chi connectivity index (χ3n) is 7.95. The highest BCUT2D eigenvalue weighted by Crippen LogP contribution is 2.45. The van der Waals surface area contributed by atoms with Crippen LogP contribution >= 0.6 is 0 Å². The fourth-order valence-electron chi connectivity index (χ4n) is 5.93. The Hall–Kier alpha value is -4.43. The zero-order valence-corrected chi connectivity index (χ0v) is 22.8. The Morgan fingerprint density at radius 3 is 2.50 bits per heavy atom. The molecule has 3 aromatic carbocycles. The smallest absolute Gasteiger partial charge is 0.332 e. The van der Waals surface area contributed by atoms with Gasteiger partial charge in [-0.05, 0) is 40.8 Å². The van der Waals surface area contributed by atoms with Gasteiger partial charge in [0.05, 0.1) is 17.9 Å². The van der Waals surface area contributed by atoms with E-state index >= 15 is 0 Å². The number of nitrogens with one attached hydrogen (secondary N) is 2. The first-order chi connectivity index (χ1) is 19.4. The van der Waals surface area contributed by atoms with E-state index < -0.39 is 18.1 Å². The minimum atomic E-state index is -0.696. The second kappa shape index (κ2) is 10.3. The molecule has 1 saturated heterocycles. The predicted octanol–water partition coefficient (Wildman–Crippen LogP) is 5.15. The van der Waals surface area contributed by atoms with E-state index in [-0.39, 0.29) is 23.1 Å². The first kappa shape index (κ1) is 25.8. The summed E-state index contributed by atoms with van der Waals surface area (Å²) in [5, 5.41) is 3.86. The molecule has 3 heterocycles. The Labute approximate surface area is 232 Å². The van der Waals surface area contributed by atoms with Crippen LogP contribution < -0.4 is 10.2 Å². The molecule has 0 radical (unpaired) electrons. The van der Waals surface area contributed by atoms with Gasteiger partial charge in [-0.15, -0.1) is 0 Å². The van der Waals surface area contributed by atoms with Crippen LogP contribution in [0.15, 0.2) is 72.8 Å². The molecule has 0 aliphatic carbocycles. The molecule has 204 valence electrons. The number of hydrogen-bond donors (Lipinski definition) is 2. The van der Waals surface area contributed by atoms with Crippen LogP contribution in [0, 0.1) is 0 Å². The third kappa shape index (κ3) is 4.16. The van der Waals surface area contributed by atoms with Gasteiger partial charge in [-0.2, -0.15) is 0 Å². The largest absolute Gasteiger partial charge is 0.383 e. The Morgan fingerprint density at radius 1 is 1.02 bits per heavy atom. The number of aromatic amines is 1. The molecule has 0 bridgehead atoms. The fourth-order valence-corrected chi connectivity index (χ4v) is 5.93. The number of methoxy groups -OCH3 is 1. The Kier molecular flexibility index (Phi) is 6.64. The minimum absolute atomic E-state index is 0.266. The van der Waals surface area contributed by atoms with Gasteiger partial charge in [-0.25, -0.2) is 9.69 Å². The van der Waals surface area contributed by atoms with Gasteiger partial charge < -0.3 is 15.0 Å². The maximum Gasteiger partial charge on any atom is 0.332 e. The van der Waals surface area contributed by atoms with Crippen molar-refractivity contribution in [2.24, 2.45) is 0 Å². The topological polar surface area (TPSA) is 94.7 Å². The molecule has 8 nitrogen and oxygen atoms in total. The molecule has 2 aliphatic rings. The van der Waals surface area contributed by atoms with E-state index in [9.17, 15) is 14.4 Å². The summed E-state index contributed by atoms with van der Waals surface area (Å²) in [5.74, 6) is -0.328. The van der Waals surface area contributed by atoms with Crippen LogP contribution in [0.4, 0.5) is 10.5 Å². The Morgan fingerprint density at radius 2 is 1.75 bits per heavy atom. The molecular formula is C32H32N4O4. The molecule has 4 aromatic rings. The second-order valence-electron chi connectivity index (χ2n) is 10.6. The number of urea groups is 1. The number of para-hydroxylation sites is 2. The lowest BCUT2D eigenvalue weighted by Crippen LogP contribution is -2.44. The van der Waals surface area contributed by atoms with Crippen molar-refractivity contribution >= 4 is 34.4 Å². The van der Waals surface area contributed by atoms with Crippen molar-refractivity contribution in [2.75, 3.05) is 25.2 Å². The summed E-state index contributed by atoms with van der Waals surface area (Å²) in [5.41, 5.74) is 5.62. The maximum absolute atomic E-state index is 14.2. The minimum Gasteiger partial charge on any atom is -0.383 e. The van der Waals surface area contributed by atoms with Crippen LogP contribution in [-0.2, 0) is 16.0 Å². The molecule has 0 spiro atoms. The number of carbonyl (C=O) groups is 3. The van der Waals surface area contributed by atoms with Crippen molar-refractivity contribution < 1.29 is 19.1 Å². The summed E-state index contributed by atoms with van der Waals surface area (Å²) < 4.78 is 5.04. The lowest BCUT2D eigenvalue weighted by molar-refractivity contribution is -0.120. The van der Waals surface area contributed by atoms with E-state index in [4.69, 9.17) is 4.74 Å². The fraction of sp³-hybridized carbons (Fsp3) is 0.281. The van der Waals surface area contributed by atoms with E-state index in [1.165, 1.54) is 10.5 Å². The van der Waals surface area contributed by atoms with E-state index in [1.54, 1.807) is 36.3 Å². The number of carbonyl (C=O) groups excluding carboxylic acids is 3. The van der Waals surface area contributed by atoms with E-state index in [2.05, 4.69) is 54.5 Å². The van der Waals surface area contributed by atoms with E-state index in [1.807, 2.05) is 18.2 Å². The molecule has 2 aliphatic heterocycles. The van der Waals surface area contributed by atoms with Crippen molar-refractivity contribution in [3.8, 4) is 0 Å². The van der Waals surface area contributed by atoms with Gasteiger partial charge in [0.2, 0.25) is 0 Å². The summed E-state index contributed by atoms with van der Waals surface area (Å²) in [6, 6.07) is 21.5. The third-order valence-corrected chi connectivity index (χ3v) is 7.95. The summed E-state index contributed by atoms with van der Waals surface area (Å²) in [6.07, 6.45) is 0.392. The molecule has 4 amide bonds. The molecule has 8 heteroatoms. The van der Waals surface area contributed by atoms with Crippen LogP contribution in [0.2, 0.25) is 0 Å². The van der Waals surface area contributed by atoms with Gasteiger partial charge >= 0.3 is 6.03 Å². The Balaban J connectivity index is 1.45. The number of aromatic nitrogens is 1. The number of rotatable bonds is 7.